The standard InChI is InChI=1S/C8H18O3S.Cd/c1-2-3-4-5-6-7-8-12(9,10)11;/h2-8H2,1H3,(H,9,10,11);. The molecule has 5 heteroatoms. The van der Waals surface area contributed by atoms with Gasteiger partial charge in [0.2, 0.25) is 0 Å². The molecule has 0 aliphatic carbocycles. The van der Waals surface area contributed by atoms with Crippen molar-refractivity contribution in [3.05, 3.63) is 0 Å². The molecule has 0 rings (SSSR count). The van der Waals surface area contributed by atoms with E-state index in [9.17, 15) is 8.42 Å². The van der Waals surface area contributed by atoms with Gasteiger partial charge in [0.05, 0.1) is 5.75 Å². The predicted octanol–water partition coefficient (Wildman–Crippen LogP) is 2.23. The van der Waals surface area contributed by atoms with Crippen LogP contribution < -0.4 is 0 Å². The van der Waals surface area contributed by atoms with Crippen molar-refractivity contribution in [2.75, 3.05) is 5.75 Å². The van der Waals surface area contributed by atoms with Crippen LogP contribution in [0.1, 0.15) is 45.4 Å². The number of rotatable bonds is 7. The van der Waals surface area contributed by atoms with Crippen LogP contribution in [0.4, 0.5) is 0 Å². The summed E-state index contributed by atoms with van der Waals surface area (Å²) in [6, 6.07) is 0. The van der Waals surface area contributed by atoms with Gasteiger partial charge in [-0.05, 0) is 6.42 Å². The molecule has 0 aromatic heterocycles. The number of unbranched alkanes of at least 4 members (excludes halogenated alkanes) is 5. The summed E-state index contributed by atoms with van der Waals surface area (Å²) in [6.45, 7) is 2.14. The van der Waals surface area contributed by atoms with Gasteiger partial charge in [0.1, 0.15) is 0 Å². The summed E-state index contributed by atoms with van der Waals surface area (Å²) in [6.07, 6.45) is 6.14. The van der Waals surface area contributed by atoms with E-state index in [1.165, 1.54) is 19.3 Å². The van der Waals surface area contributed by atoms with Gasteiger partial charge in [-0.25, -0.2) is 0 Å². The van der Waals surface area contributed by atoms with Crippen molar-refractivity contribution in [3.63, 3.8) is 0 Å². The molecule has 0 saturated carbocycles. The van der Waals surface area contributed by atoms with Gasteiger partial charge < -0.3 is 0 Å². The molecule has 0 spiro atoms. The van der Waals surface area contributed by atoms with Gasteiger partial charge in [0.25, 0.3) is 10.1 Å². The molecule has 0 saturated heterocycles. The van der Waals surface area contributed by atoms with Gasteiger partial charge in [-0.3, -0.25) is 4.55 Å². The molecular weight excluding hydrogens is 289 g/mol. The van der Waals surface area contributed by atoms with Crippen LogP contribution in [0.25, 0.3) is 0 Å². The summed E-state index contributed by atoms with van der Waals surface area (Å²) in [7, 11) is -3.72. The minimum Gasteiger partial charge on any atom is -0.286 e. The van der Waals surface area contributed by atoms with Gasteiger partial charge >= 0.3 is 0 Å². The van der Waals surface area contributed by atoms with Crippen LogP contribution in [0.3, 0.4) is 0 Å². The Bertz CT molecular complexity index is 190. The van der Waals surface area contributed by atoms with Gasteiger partial charge in [-0.1, -0.05) is 39.0 Å². The zero-order chi connectivity index (χ0) is 9.45. The van der Waals surface area contributed by atoms with E-state index in [0.717, 1.165) is 12.8 Å². The minimum absolute atomic E-state index is 0. The van der Waals surface area contributed by atoms with Crippen LogP contribution in [-0.2, 0) is 37.4 Å². The molecule has 76 valence electrons. The van der Waals surface area contributed by atoms with Crippen molar-refractivity contribution in [1.82, 2.24) is 0 Å². The van der Waals surface area contributed by atoms with Crippen LogP contribution >= 0.6 is 0 Å². The summed E-state index contributed by atoms with van der Waals surface area (Å²) in [5.74, 6) is -0.0842. The zero-order valence-corrected chi connectivity index (χ0v) is 13.2. The second-order valence-corrected chi connectivity index (χ2v) is 4.63. The van der Waals surface area contributed by atoms with E-state index in [0.29, 0.717) is 6.42 Å². The van der Waals surface area contributed by atoms with Crippen LogP contribution in [0.2, 0.25) is 0 Å². The third-order valence-corrected chi connectivity index (χ3v) is 2.56. The van der Waals surface area contributed by atoms with Gasteiger partial charge in [0.15, 0.2) is 0 Å². The van der Waals surface area contributed by atoms with Crippen molar-refractivity contribution in [2.45, 2.75) is 45.4 Å². The molecule has 0 amide bonds. The molecule has 0 aromatic carbocycles. The molecule has 0 fully saturated rings. The molecular formula is C8H18CdO3S. The summed E-state index contributed by atoms with van der Waals surface area (Å²) in [4.78, 5) is 0. The average Bonchev–Trinajstić information content (AvgIpc) is 1.94. The van der Waals surface area contributed by atoms with Crippen LogP contribution in [0, 0.1) is 0 Å². The van der Waals surface area contributed by atoms with Crippen molar-refractivity contribution < 1.29 is 40.3 Å². The van der Waals surface area contributed by atoms with Crippen molar-refractivity contribution in [3.8, 4) is 0 Å². The zero-order valence-electron chi connectivity index (χ0n) is 8.33. The number of hydrogen-bond acceptors (Lipinski definition) is 2. The van der Waals surface area contributed by atoms with Crippen LogP contribution in [0.15, 0.2) is 0 Å². The molecule has 13 heavy (non-hydrogen) atoms. The molecule has 0 atom stereocenters. The Morgan fingerprint density at radius 1 is 1.00 bits per heavy atom. The topological polar surface area (TPSA) is 54.4 Å². The summed E-state index contributed by atoms with van der Waals surface area (Å²) in [5, 5.41) is 0. The Balaban J connectivity index is 0. The Kier molecular flexibility index (Phi) is 11.8. The molecule has 3 nitrogen and oxygen atoms in total. The summed E-state index contributed by atoms with van der Waals surface area (Å²) < 4.78 is 28.9. The Morgan fingerprint density at radius 2 is 1.46 bits per heavy atom. The molecule has 0 heterocycles. The fourth-order valence-corrected chi connectivity index (χ4v) is 1.63. The Morgan fingerprint density at radius 3 is 1.92 bits per heavy atom. The normalized spacial score (nSPS) is 10.9. The predicted molar refractivity (Wildman–Crippen MR) is 49.8 cm³/mol. The molecule has 0 aromatic rings. The minimum atomic E-state index is -3.72. The maximum absolute atomic E-state index is 10.3. The van der Waals surface area contributed by atoms with E-state index >= 15 is 0 Å². The largest absolute Gasteiger partial charge is 0.286 e. The molecule has 0 bridgehead atoms. The first kappa shape index (κ1) is 16.3. The summed E-state index contributed by atoms with van der Waals surface area (Å²) >= 11 is 0. The second kappa shape index (κ2) is 9.39. The number of hydrogen-bond donors (Lipinski definition) is 1. The van der Waals surface area contributed by atoms with Crippen molar-refractivity contribution in [2.24, 2.45) is 0 Å². The maximum atomic E-state index is 10.3. The average molecular weight is 307 g/mol. The summed E-state index contributed by atoms with van der Waals surface area (Å²) in [5.41, 5.74) is 0. The molecule has 1 N–H and O–H groups in total. The quantitative estimate of drug-likeness (QED) is 0.446. The monoisotopic (exact) mass is 308 g/mol. The van der Waals surface area contributed by atoms with E-state index in [1.54, 1.807) is 0 Å². The van der Waals surface area contributed by atoms with E-state index in [1.807, 2.05) is 0 Å². The van der Waals surface area contributed by atoms with Gasteiger partial charge in [-0.15, -0.1) is 0 Å². The van der Waals surface area contributed by atoms with Gasteiger partial charge in [-0.2, -0.15) is 8.42 Å². The fourth-order valence-electron chi connectivity index (χ4n) is 1.06. The first-order valence-electron chi connectivity index (χ1n) is 4.51. The van der Waals surface area contributed by atoms with Crippen molar-refractivity contribution >= 4 is 10.1 Å². The van der Waals surface area contributed by atoms with E-state index in [-0.39, 0.29) is 33.1 Å². The first-order chi connectivity index (χ1) is 5.56. The van der Waals surface area contributed by atoms with Crippen LogP contribution in [-0.4, -0.2) is 18.7 Å². The maximum Gasteiger partial charge on any atom is 0.264 e. The van der Waals surface area contributed by atoms with E-state index in [2.05, 4.69) is 6.92 Å². The smallest absolute Gasteiger partial charge is 0.264 e. The molecule has 0 aliphatic rings. The van der Waals surface area contributed by atoms with Crippen LogP contribution in [0.5, 0.6) is 0 Å². The Hall–Kier alpha value is 0.832. The third-order valence-electron chi connectivity index (χ3n) is 1.76. The second-order valence-electron chi connectivity index (χ2n) is 3.05. The third kappa shape index (κ3) is 15.6. The SMILES string of the molecule is CCCCCCCCS(=O)(=O)O.[Cd]. The molecule has 0 aliphatic heterocycles. The van der Waals surface area contributed by atoms with E-state index in [4.69, 9.17) is 4.55 Å². The van der Waals surface area contributed by atoms with E-state index < -0.39 is 10.1 Å². The Labute approximate surface area is 101 Å². The molecule has 0 radical (unpaired) electrons. The fraction of sp³-hybridized carbons (Fsp3) is 1.00. The van der Waals surface area contributed by atoms with Gasteiger partial charge in [0, 0.05) is 27.3 Å². The molecule has 0 unspecified atom stereocenters. The van der Waals surface area contributed by atoms with Crippen molar-refractivity contribution in [1.29, 1.82) is 0 Å². The first-order valence-corrected chi connectivity index (χ1v) is 6.12.